The van der Waals surface area contributed by atoms with Crippen LogP contribution in [0.15, 0.2) is 0 Å². The Hall–Kier alpha value is -0.610. The van der Waals surface area contributed by atoms with E-state index in [9.17, 15) is 0 Å². The van der Waals surface area contributed by atoms with E-state index in [1.54, 1.807) is 0 Å². The average Bonchev–Trinajstić information content (AvgIpc) is 2.34. The Labute approximate surface area is 73.8 Å². The molecule has 1 atom stereocenters. The van der Waals surface area contributed by atoms with Gasteiger partial charge in [0.1, 0.15) is 5.84 Å². The number of nitrogens with zero attached hydrogens (tertiary/aromatic N) is 2. The predicted octanol–water partition coefficient (Wildman–Crippen LogP) is -0.442. The van der Waals surface area contributed by atoms with Crippen molar-refractivity contribution in [3.63, 3.8) is 0 Å². The Balaban J connectivity index is 2.30. The molecule has 0 aromatic heterocycles. The van der Waals surface area contributed by atoms with Crippen LogP contribution in [0, 0.1) is 5.41 Å². The minimum absolute atomic E-state index is 0.273. The summed E-state index contributed by atoms with van der Waals surface area (Å²) in [6.07, 6.45) is 1.19. The molecule has 0 aliphatic carbocycles. The molecule has 12 heavy (non-hydrogen) atoms. The standard InChI is InChI=1S/C8H18N4/c1-11(2)7-3-4-12(5-7)6-8(9)10/h7H,3-6H2,1-2H3,(H3,9,10). The van der Waals surface area contributed by atoms with Crippen LogP contribution in [0.1, 0.15) is 6.42 Å². The summed E-state index contributed by atoms with van der Waals surface area (Å²) in [4.78, 5) is 4.47. The first-order chi connectivity index (χ1) is 5.59. The van der Waals surface area contributed by atoms with Gasteiger partial charge in [0.2, 0.25) is 0 Å². The van der Waals surface area contributed by atoms with E-state index in [4.69, 9.17) is 11.1 Å². The third-order valence-electron chi connectivity index (χ3n) is 2.37. The number of amidine groups is 1. The molecule has 1 fully saturated rings. The smallest absolute Gasteiger partial charge is 0.105 e. The van der Waals surface area contributed by atoms with Crippen molar-refractivity contribution < 1.29 is 0 Å². The highest BCUT2D eigenvalue weighted by Crippen LogP contribution is 2.11. The van der Waals surface area contributed by atoms with E-state index in [2.05, 4.69) is 23.9 Å². The molecule has 1 unspecified atom stereocenters. The minimum Gasteiger partial charge on any atom is -0.387 e. The number of hydrogen-bond donors (Lipinski definition) is 2. The predicted molar refractivity (Wildman–Crippen MR) is 50.4 cm³/mol. The summed E-state index contributed by atoms with van der Waals surface area (Å²) in [5, 5.41) is 7.15. The normalized spacial score (nSPS) is 25.1. The largest absolute Gasteiger partial charge is 0.387 e. The summed E-state index contributed by atoms with van der Waals surface area (Å²) >= 11 is 0. The zero-order valence-corrected chi connectivity index (χ0v) is 7.88. The molecule has 0 radical (unpaired) electrons. The molecule has 4 heteroatoms. The molecule has 1 aliphatic rings. The number of nitrogens with one attached hydrogen (secondary N) is 1. The van der Waals surface area contributed by atoms with Crippen LogP contribution in [-0.4, -0.2) is 55.4 Å². The van der Waals surface area contributed by atoms with Crippen molar-refractivity contribution in [2.45, 2.75) is 12.5 Å². The van der Waals surface area contributed by atoms with Gasteiger partial charge in [-0.1, -0.05) is 0 Å². The van der Waals surface area contributed by atoms with Gasteiger partial charge in [0.05, 0.1) is 6.54 Å². The number of rotatable bonds is 3. The average molecular weight is 170 g/mol. The molecule has 4 nitrogen and oxygen atoms in total. The minimum atomic E-state index is 0.273. The van der Waals surface area contributed by atoms with Gasteiger partial charge in [-0.3, -0.25) is 10.3 Å². The quantitative estimate of drug-likeness (QED) is 0.446. The molecule has 1 saturated heterocycles. The zero-order valence-electron chi connectivity index (χ0n) is 7.88. The first-order valence-corrected chi connectivity index (χ1v) is 4.31. The highest BCUT2D eigenvalue weighted by Gasteiger charge is 2.23. The lowest BCUT2D eigenvalue weighted by molar-refractivity contribution is 0.282. The lowest BCUT2D eigenvalue weighted by Gasteiger charge is -2.19. The summed E-state index contributed by atoms with van der Waals surface area (Å²) < 4.78 is 0. The van der Waals surface area contributed by atoms with Crippen molar-refractivity contribution in [2.75, 3.05) is 33.7 Å². The van der Waals surface area contributed by atoms with E-state index in [-0.39, 0.29) is 5.84 Å². The summed E-state index contributed by atoms with van der Waals surface area (Å²) in [5.41, 5.74) is 5.32. The molecule has 0 saturated carbocycles. The van der Waals surface area contributed by atoms with Gasteiger partial charge in [0.15, 0.2) is 0 Å². The zero-order chi connectivity index (χ0) is 9.14. The topological polar surface area (TPSA) is 56.4 Å². The van der Waals surface area contributed by atoms with Crippen molar-refractivity contribution in [1.82, 2.24) is 9.80 Å². The molecule has 0 aromatic carbocycles. The van der Waals surface area contributed by atoms with Crippen LogP contribution >= 0.6 is 0 Å². The van der Waals surface area contributed by atoms with Crippen LogP contribution in [0.3, 0.4) is 0 Å². The molecule has 0 bridgehead atoms. The van der Waals surface area contributed by atoms with E-state index in [1.165, 1.54) is 6.42 Å². The van der Waals surface area contributed by atoms with E-state index in [0.29, 0.717) is 12.6 Å². The maximum Gasteiger partial charge on any atom is 0.105 e. The summed E-state index contributed by atoms with van der Waals surface area (Å²) in [7, 11) is 4.20. The first-order valence-electron chi connectivity index (χ1n) is 4.31. The van der Waals surface area contributed by atoms with Gasteiger partial charge < -0.3 is 10.6 Å². The number of nitrogens with two attached hydrogens (primary N) is 1. The maximum absolute atomic E-state index is 7.15. The van der Waals surface area contributed by atoms with Crippen LogP contribution in [0.4, 0.5) is 0 Å². The molecule has 70 valence electrons. The van der Waals surface area contributed by atoms with Crippen LogP contribution in [0.2, 0.25) is 0 Å². The van der Waals surface area contributed by atoms with Gasteiger partial charge in [-0.25, -0.2) is 0 Å². The van der Waals surface area contributed by atoms with Crippen molar-refractivity contribution in [3.05, 3.63) is 0 Å². The SMILES string of the molecule is CN(C)C1CCN(CC(=N)N)C1. The van der Waals surface area contributed by atoms with E-state index in [1.807, 2.05) is 0 Å². The Bertz CT molecular complexity index is 166. The molecule has 0 spiro atoms. The highest BCUT2D eigenvalue weighted by atomic mass is 15.2. The monoisotopic (exact) mass is 170 g/mol. The Morgan fingerprint density at radius 1 is 1.67 bits per heavy atom. The molecule has 3 N–H and O–H groups in total. The van der Waals surface area contributed by atoms with Gasteiger partial charge in [0, 0.05) is 19.1 Å². The van der Waals surface area contributed by atoms with Crippen LogP contribution < -0.4 is 5.73 Å². The fourth-order valence-electron chi connectivity index (χ4n) is 1.62. The van der Waals surface area contributed by atoms with Crippen molar-refractivity contribution in [2.24, 2.45) is 5.73 Å². The number of likely N-dealkylation sites (tertiary alicyclic amines) is 1. The second-order valence-corrected chi connectivity index (χ2v) is 3.67. The van der Waals surface area contributed by atoms with Crippen LogP contribution in [0.5, 0.6) is 0 Å². The molecule has 1 aliphatic heterocycles. The molecule has 1 rings (SSSR count). The van der Waals surface area contributed by atoms with Gasteiger partial charge in [-0.05, 0) is 20.5 Å². The van der Waals surface area contributed by atoms with Crippen molar-refractivity contribution >= 4 is 5.84 Å². The number of likely N-dealkylation sites (N-methyl/N-ethyl adjacent to an activating group) is 1. The van der Waals surface area contributed by atoms with Gasteiger partial charge in [-0.15, -0.1) is 0 Å². The Morgan fingerprint density at radius 2 is 2.33 bits per heavy atom. The fraction of sp³-hybridized carbons (Fsp3) is 0.875. The first kappa shape index (κ1) is 9.48. The van der Waals surface area contributed by atoms with E-state index in [0.717, 1.165) is 13.1 Å². The molecule has 0 amide bonds. The molecular weight excluding hydrogens is 152 g/mol. The second kappa shape index (κ2) is 3.87. The van der Waals surface area contributed by atoms with Gasteiger partial charge in [0.25, 0.3) is 0 Å². The van der Waals surface area contributed by atoms with E-state index >= 15 is 0 Å². The fourth-order valence-corrected chi connectivity index (χ4v) is 1.62. The molecular formula is C8H18N4. The Kier molecular flexibility index (Phi) is 3.05. The van der Waals surface area contributed by atoms with Crippen molar-refractivity contribution in [1.29, 1.82) is 5.41 Å². The van der Waals surface area contributed by atoms with Gasteiger partial charge >= 0.3 is 0 Å². The summed E-state index contributed by atoms with van der Waals surface area (Å²) in [6, 6.07) is 0.643. The van der Waals surface area contributed by atoms with Gasteiger partial charge in [-0.2, -0.15) is 0 Å². The highest BCUT2D eigenvalue weighted by molar-refractivity contribution is 5.78. The summed E-state index contributed by atoms with van der Waals surface area (Å²) in [6.45, 7) is 2.75. The molecule has 0 aromatic rings. The third-order valence-corrected chi connectivity index (χ3v) is 2.37. The maximum atomic E-state index is 7.15. The second-order valence-electron chi connectivity index (χ2n) is 3.67. The third kappa shape index (κ3) is 2.46. The lowest BCUT2D eigenvalue weighted by Crippen LogP contribution is -2.35. The van der Waals surface area contributed by atoms with Crippen molar-refractivity contribution in [3.8, 4) is 0 Å². The lowest BCUT2D eigenvalue weighted by atomic mass is 10.2. The Morgan fingerprint density at radius 3 is 2.75 bits per heavy atom. The molecule has 1 heterocycles. The van der Waals surface area contributed by atoms with Crippen LogP contribution in [-0.2, 0) is 0 Å². The summed E-state index contributed by atoms with van der Waals surface area (Å²) in [5.74, 6) is 0.273. The van der Waals surface area contributed by atoms with E-state index < -0.39 is 0 Å². The number of hydrogen-bond acceptors (Lipinski definition) is 3. The van der Waals surface area contributed by atoms with Crippen LogP contribution in [0.25, 0.3) is 0 Å².